The fraction of sp³-hybridized carbons (Fsp3) is 0.308. The molecular weight excluding hydrogens is 412 g/mol. The third-order valence-corrected chi connectivity index (χ3v) is 6.71. The van der Waals surface area contributed by atoms with Gasteiger partial charge in [0.2, 0.25) is 0 Å². The molecule has 1 N–H and O–H groups in total. The molecule has 3 heterocycles. The van der Waals surface area contributed by atoms with Crippen molar-refractivity contribution >= 4 is 22.8 Å². The van der Waals surface area contributed by atoms with Crippen LogP contribution in [0.5, 0.6) is 0 Å². The zero-order chi connectivity index (χ0) is 22.9. The molecule has 0 aliphatic carbocycles. The zero-order valence-electron chi connectivity index (χ0n) is 19.1. The molecular formula is C26H28N6O. The molecule has 0 radical (unpaired) electrons. The van der Waals surface area contributed by atoms with Crippen LogP contribution in [0.15, 0.2) is 67.0 Å². The van der Waals surface area contributed by atoms with E-state index >= 15 is 0 Å². The van der Waals surface area contributed by atoms with Crippen LogP contribution < -0.4 is 5.32 Å². The molecule has 5 rings (SSSR count). The fourth-order valence-corrected chi connectivity index (χ4v) is 4.67. The molecule has 2 aromatic carbocycles. The average molecular weight is 441 g/mol. The first-order chi connectivity index (χ1) is 16.0. The lowest BCUT2D eigenvalue weighted by atomic mass is 9.94. The van der Waals surface area contributed by atoms with Crippen LogP contribution in [0.4, 0.5) is 5.82 Å². The molecule has 0 spiro atoms. The van der Waals surface area contributed by atoms with E-state index in [0.717, 1.165) is 28.0 Å². The van der Waals surface area contributed by atoms with Gasteiger partial charge in [0, 0.05) is 31.9 Å². The van der Waals surface area contributed by atoms with Crippen molar-refractivity contribution in [3.8, 4) is 11.1 Å². The summed E-state index contributed by atoms with van der Waals surface area (Å²) in [5.41, 5.74) is 4.08. The van der Waals surface area contributed by atoms with Crippen LogP contribution >= 0.6 is 0 Å². The van der Waals surface area contributed by atoms with E-state index in [1.165, 1.54) is 0 Å². The van der Waals surface area contributed by atoms with Crippen molar-refractivity contribution in [3.63, 3.8) is 0 Å². The second kappa shape index (κ2) is 8.65. The number of carbonyl (C=O) groups is 1. The van der Waals surface area contributed by atoms with Gasteiger partial charge in [-0.3, -0.25) is 14.5 Å². The summed E-state index contributed by atoms with van der Waals surface area (Å²) in [6.07, 6.45) is 3.67. The Morgan fingerprint density at radius 2 is 1.79 bits per heavy atom. The van der Waals surface area contributed by atoms with Gasteiger partial charge in [0.05, 0.1) is 23.3 Å². The summed E-state index contributed by atoms with van der Waals surface area (Å²) in [6.45, 7) is 5.74. The zero-order valence-corrected chi connectivity index (χ0v) is 19.1. The summed E-state index contributed by atoms with van der Waals surface area (Å²) < 4.78 is 1.72. The van der Waals surface area contributed by atoms with Crippen LogP contribution in [0.25, 0.3) is 22.2 Å². The van der Waals surface area contributed by atoms with E-state index in [-0.39, 0.29) is 11.9 Å². The quantitative estimate of drug-likeness (QED) is 0.502. The maximum Gasteiger partial charge on any atom is 0.275 e. The number of nitrogens with one attached hydrogen (secondary N) is 1. The van der Waals surface area contributed by atoms with Crippen molar-refractivity contribution in [3.05, 3.63) is 72.7 Å². The van der Waals surface area contributed by atoms with E-state index in [0.29, 0.717) is 30.6 Å². The molecule has 0 saturated carbocycles. The molecule has 168 valence electrons. The second-order valence-electron chi connectivity index (χ2n) is 8.92. The minimum Gasteiger partial charge on any atom is -0.367 e. The highest BCUT2D eigenvalue weighted by molar-refractivity contribution is 5.99. The number of carbonyl (C=O) groups excluding carboxylic acids is 1. The van der Waals surface area contributed by atoms with Crippen molar-refractivity contribution in [1.82, 2.24) is 24.6 Å². The van der Waals surface area contributed by atoms with Gasteiger partial charge >= 0.3 is 0 Å². The third-order valence-electron chi connectivity index (χ3n) is 6.71. The maximum absolute atomic E-state index is 13.7. The second-order valence-corrected chi connectivity index (χ2v) is 8.92. The van der Waals surface area contributed by atoms with E-state index in [4.69, 9.17) is 0 Å². The third kappa shape index (κ3) is 4.06. The number of benzene rings is 2. The monoisotopic (exact) mass is 440 g/mol. The van der Waals surface area contributed by atoms with Crippen LogP contribution in [0.2, 0.25) is 0 Å². The van der Waals surface area contributed by atoms with E-state index < -0.39 is 0 Å². The van der Waals surface area contributed by atoms with Crippen LogP contribution in [-0.2, 0) is 7.05 Å². The lowest BCUT2D eigenvalue weighted by molar-refractivity contribution is 0.0723. The molecule has 3 atom stereocenters. The Kier molecular flexibility index (Phi) is 5.54. The standard InChI is InChI=1S/C26H28N6O/c1-17-15-32(26(33)25-20(16-31(3)30-25)19-9-5-4-6-10-19)23(18(17)2)13-28-24-14-27-21-11-7-8-12-22(21)29-24/h4-12,14,16-18,23H,13,15H2,1-3H3,(H,28,29)/t17-,18?,23-/m1/s1. The Bertz CT molecular complexity index is 1280. The predicted molar refractivity (Wildman–Crippen MR) is 130 cm³/mol. The number of rotatable bonds is 5. The Balaban J connectivity index is 1.39. The van der Waals surface area contributed by atoms with Crippen LogP contribution in [0.3, 0.4) is 0 Å². The first-order valence-corrected chi connectivity index (χ1v) is 11.4. The first kappa shape index (κ1) is 21.1. The van der Waals surface area contributed by atoms with Gasteiger partial charge in [-0.15, -0.1) is 0 Å². The number of likely N-dealkylation sites (tertiary alicyclic amines) is 1. The lowest BCUT2D eigenvalue weighted by Gasteiger charge is -2.27. The summed E-state index contributed by atoms with van der Waals surface area (Å²) >= 11 is 0. The normalized spacial score (nSPS) is 20.3. The van der Waals surface area contributed by atoms with Gasteiger partial charge in [-0.1, -0.05) is 56.3 Å². The smallest absolute Gasteiger partial charge is 0.275 e. The van der Waals surface area contributed by atoms with Crippen molar-refractivity contribution in [2.45, 2.75) is 19.9 Å². The highest BCUT2D eigenvalue weighted by Crippen LogP contribution is 2.32. The molecule has 1 aliphatic heterocycles. The number of fused-ring (bicyclic) bond motifs is 1. The van der Waals surface area contributed by atoms with Gasteiger partial charge in [0.25, 0.3) is 5.91 Å². The van der Waals surface area contributed by atoms with Gasteiger partial charge in [0.1, 0.15) is 5.82 Å². The molecule has 7 heteroatoms. The molecule has 1 unspecified atom stereocenters. The Morgan fingerprint density at radius 3 is 2.58 bits per heavy atom. The number of hydrogen-bond acceptors (Lipinski definition) is 5. The molecule has 0 bridgehead atoms. The molecule has 1 aliphatic rings. The minimum atomic E-state index is -0.0259. The largest absolute Gasteiger partial charge is 0.367 e. The number of aryl methyl sites for hydroxylation is 1. The highest BCUT2D eigenvalue weighted by Gasteiger charge is 2.40. The van der Waals surface area contributed by atoms with Gasteiger partial charge in [-0.2, -0.15) is 5.10 Å². The van der Waals surface area contributed by atoms with Crippen LogP contribution in [-0.4, -0.2) is 49.7 Å². The molecule has 33 heavy (non-hydrogen) atoms. The Labute approximate surface area is 193 Å². The number of amides is 1. The van der Waals surface area contributed by atoms with Crippen LogP contribution in [0.1, 0.15) is 24.3 Å². The van der Waals surface area contributed by atoms with Crippen molar-refractivity contribution in [1.29, 1.82) is 0 Å². The maximum atomic E-state index is 13.7. The number of nitrogens with zero attached hydrogens (tertiary/aromatic N) is 5. The predicted octanol–water partition coefficient (Wildman–Crippen LogP) is 4.24. The topological polar surface area (TPSA) is 75.9 Å². The molecule has 7 nitrogen and oxygen atoms in total. The Morgan fingerprint density at radius 1 is 1.06 bits per heavy atom. The summed E-state index contributed by atoms with van der Waals surface area (Å²) in [5, 5.41) is 7.98. The highest BCUT2D eigenvalue weighted by atomic mass is 16.2. The molecule has 2 aromatic heterocycles. The minimum absolute atomic E-state index is 0.0259. The number of anilines is 1. The molecule has 4 aromatic rings. The fourth-order valence-electron chi connectivity index (χ4n) is 4.67. The summed E-state index contributed by atoms with van der Waals surface area (Å²) in [5.74, 6) is 1.43. The van der Waals surface area contributed by atoms with Gasteiger partial charge in [-0.25, -0.2) is 4.98 Å². The SMILES string of the molecule is CC1[C@H](C)CN(C(=O)c2nn(C)cc2-c2ccccc2)[C@@H]1CNc1cnc2ccccc2n1. The summed E-state index contributed by atoms with van der Waals surface area (Å²) in [7, 11) is 1.86. The van der Waals surface area contributed by atoms with Gasteiger partial charge < -0.3 is 10.2 Å². The van der Waals surface area contributed by atoms with Crippen molar-refractivity contribution in [2.24, 2.45) is 18.9 Å². The van der Waals surface area contributed by atoms with E-state index in [2.05, 4.69) is 34.2 Å². The number of para-hydroxylation sites is 2. The average Bonchev–Trinajstić information content (AvgIpc) is 3.37. The summed E-state index contributed by atoms with van der Waals surface area (Å²) in [4.78, 5) is 24.9. The van der Waals surface area contributed by atoms with Gasteiger partial charge in [-0.05, 0) is 29.5 Å². The summed E-state index contributed by atoms with van der Waals surface area (Å²) in [6, 6.07) is 17.8. The van der Waals surface area contributed by atoms with Crippen molar-refractivity contribution in [2.75, 3.05) is 18.4 Å². The molecule has 1 amide bonds. The van der Waals surface area contributed by atoms with E-state index in [1.807, 2.05) is 72.7 Å². The van der Waals surface area contributed by atoms with E-state index in [9.17, 15) is 4.79 Å². The van der Waals surface area contributed by atoms with E-state index in [1.54, 1.807) is 10.9 Å². The van der Waals surface area contributed by atoms with Gasteiger partial charge in [0.15, 0.2) is 5.69 Å². The van der Waals surface area contributed by atoms with Crippen LogP contribution in [0, 0.1) is 11.8 Å². The molecule has 1 saturated heterocycles. The molecule has 1 fully saturated rings. The van der Waals surface area contributed by atoms with Crippen molar-refractivity contribution < 1.29 is 4.79 Å². The lowest BCUT2D eigenvalue weighted by Crippen LogP contribution is -2.42. The number of hydrogen-bond donors (Lipinski definition) is 1. The Hall–Kier alpha value is -3.74. The first-order valence-electron chi connectivity index (χ1n) is 11.4. The number of aromatic nitrogens is 4.